The summed E-state index contributed by atoms with van der Waals surface area (Å²) < 4.78 is 2.88. The Labute approximate surface area is 115 Å². The lowest BCUT2D eigenvalue weighted by Gasteiger charge is -2.23. The number of aryl methyl sites for hydroxylation is 1. The molecule has 0 aliphatic rings. The van der Waals surface area contributed by atoms with E-state index in [4.69, 9.17) is 0 Å². The molecular weight excluding hydrogens is 232 g/mol. The minimum atomic E-state index is 0.846. The van der Waals surface area contributed by atoms with Crippen molar-refractivity contribution in [2.75, 3.05) is 21.1 Å². The topological polar surface area (TPSA) is 3.88 Å². The van der Waals surface area contributed by atoms with Crippen LogP contribution in [-0.4, -0.2) is 21.1 Å². The van der Waals surface area contributed by atoms with Crippen LogP contribution in [0.25, 0.3) is 12.2 Å². The normalized spacial score (nSPS) is 12.0. The Balaban J connectivity index is 2.13. The van der Waals surface area contributed by atoms with E-state index < -0.39 is 0 Å². The van der Waals surface area contributed by atoms with E-state index in [1.54, 1.807) is 0 Å². The number of hydrogen-bond donors (Lipinski definition) is 0. The zero-order valence-electron chi connectivity index (χ0n) is 12.2. The molecule has 1 aromatic carbocycles. The molecule has 98 valence electrons. The molecule has 0 atom stereocenters. The van der Waals surface area contributed by atoms with Gasteiger partial charge < -0.3 is 0 Å². The molecule has 2 aromatic rings. The van der Waals surface area contributed by atoms with Gasteiger partial charge in [-0.3, -0.25) is 4.48 Å². The van der Waals surface area contributed by atoms with Gasteiger partial charge >= 0.3 is 0 Å². The van der Waals surface area contributed by atoms with Crippen molar-refractivity contribution in [2.45, 2.75) is 0 Å². The number of hydrogen-bond acceptors (Lipinski definition) is 0. The summed E-state index contributed by atoms with van der Waals surface area (Å²) in [5.41, 5.74) is 3.75. The predicted octanol–water partition coefficient (Wildman–Crippen LogP) is 2.88. The monoisotopic (exact) mass is 254 g/mol. The molecule has 0 unspecified atom stereocenters. The molecule has 0 aliphatic heterocycles. The first kappa shape index (κ1) is 13.5. The Bertz CT molecular complexity index is 558. The Kier molecular flexibility index (Phi) is 3.82. The van der Waals surface area contributed by atoms with Gasteiger partial charge in [0, 0.05) is 12.1 Å². The molecular formula is C17H22N2+2. The number of aromatic nitrogens is 1. The first-order chi connectivity index (χ1) is 8.95. The van der Waals surface area contributed by atoms with Crippen molar-refractivity contribution in [1.82, 2.24) is 4.48 Å². The molecule has 0 aliphatic carbocycles. The van der Waals surface area contributed by atoms with Crippen LogP contribution < -0.4 is 9.05 Å². The number of pyridine rings is 1. The van der Waals surface area contributed by atoms with Crippen LogP contribution in [0.3, 0.4) is 0 Å². The van der Waals surface area contributed by atoms with Gasteiger partial charge in [-0.2, -0.15) is 0 Å². The molecule has 0 amide bonds. The Morgan fingerprint density at radius 1 is 0.789 bits per heavy atom. The molecule has 19 heavy (non-hydrogen) atoms. The maximum atomic E-state index is 2.19. The van der Waals surface area contributed by atoms with Gasteiger partial charge in [-0.15, -0.1) is 0 Å². The maximum absolute atomic E-state index is 2.19. The van der Waals surface area contributed by atoms with E-state index in [9.17, 15) is 0 Å². The lowest BCUT2D eigenvalue weighted by molar-refractivity contribution is -0.671. The highest BCUT2D eigenvalue weighted by molar-refractivity contribution is 5.69. The fraction of sp³-hybridized carbons (Fsp3) is 0.235. The number of rotatable bonds is 3. The zero-order chi connectivity index (χ0) is 13.9. The SMILES string of the molecule is C[n+]1ccc(/C=C/c2ccc([N+](C)(C)C)cc2)cc1. The second kappa shape index (κ2) is 5.37. The molecule has 2 heteroatoms. The minimum absolute atomic E-state index is 0.846. The summed E-state index contributed by atoms with van der Waals surface area (Å²) in [5, 5.41) is 0. The van der Waals surface area contributed by atoms with Crippen molar-refractivity contribution in [1.29, 1.82) is 0 Å². The average Bonchev–Trinajstić information content (AvgIpc) is 2.37. The molecule has 0 saturated heterocycles. The van der Waals surface area contributed by atoms with Crippen molar-refractivity contribution in [3.8, 4) is 0 Å². The summed E-state index contributed by atoms with van der Waals surface area (Å²) in [7, 11) is 8.55. The number of benzene rings is 1. The average molecular weight is 254 g/mol. The molecule has 0 N–H and O–H groups in total. The van der Waals surface area contributed by atoms with Gasteiger partial charge in [0.25, 0.3) is 0 Å². The van der Waals surface area contributed by atoms with Gasteiger partial charge in [-0.05, 0) is 35.4 Å². The molecule has 2 nitrogen and oxygen atoms in total. The van der Waals surface area contributed by atoms with E-state index in [1.165, 1.54) is 16.8 Å². The van der Waals surface area contributed by atoms with E-state index in [0.717, 1.165) is 4.48 Å². The van der Waals surface area contributed by atoms with Gasteiger partial charge in [-0.1, -0.05) is 12.2 Å². The van der Waals surface area contributed by atoms with Gasteiger partial charge in [0.05, 0.1) is 21.1 Å². The highest BCUT2D eigenvalue weighted by Gasteiger charge is 2.10. The van der Waals surface area contributed by atoms with Crippen molar-refractivity contribution < 1.29 is 4.57 Å². The summed E-state index contributed by atoms with van der Waals surface area (Å²) in [6.45, 7) is 0. The molecule has 0 spiro atoms. The minimum Gasteiger partial charge on any atom is -0.298 e. The maximum Gasteiger partial charge on any atom is 0.169 e. The van der Waals surface area contributed by atoms with Crippen LogP contribution in [0, 0.1) is 0 Å². The quantitative estimate of drug-likeness (QED) is 0.586. The van der Waals surface area contributed by atoms with Crippen molar-refractivity contribution in [3.63, 3.8) is 0 Å². The van der Waals surface area contributed by atoms with Crippen LogP contribution in [0.2, 0.25) is 0 Å². The number of nitrogens with zero attached hydrogens (tertiary/aromatic N) is 2. The highest BCUT2D eigenvalue weighted by atomic mass is 15.3. The molecule has 0 radical (unpaired) electrons. The highest BCUT2D eigenvalue weighted by Crippen LogP contribution is 2.18. The summed E-state index contributed by atoms with van der Waals surface area (Å²) in [6.07, 6.45) is 8.40. The third kappa shape index (κ3) is 3.76. The van der Waals surface area contributed by atoms with Crippen LogP contribution >= 0.6 is 0 Å². The molecule has 0 fully saturated rings. The third-order valence-electron chi connectivity index (χ3n) is 3.14. The van der Waals surface area contributed by atoms with Gasteiger partial charge in [-0.25, -0.2) is 4.57 Å². The summed E-state index contributed by atoms with van der Waals surface area (Å²) in [5.74, 6) is 0. The van der Waals surface area contributed by atoms with Gasteiger partial charge in [0.15, 0.2) is 12.4 Å². The predicted molar refractivity (Wildman–Crippen MR) is 82.6 cm³/mol. The summed E-state index contributed by atoms with van der Waals surface area (Å²) in [6, 6.07) is 12.9. The van der Waals surface area contributed by atoms with Crippen LogP contribution in [0.4, 0.5) is 5.69 Å². The fourth-order valence-electron chi connectivity index (χ4n) is 1.85. The second-order valence-corrected chi connectivity index (χ2v) is 5.73. The fourth-order valence-corrected chi connectivity index (χ4v) is 1.85. The molecule has 2 rings (SSSR count). The van der Waals surface area contributed by atoms with Crippen LogP contribution in [0.5, 0.6) is 0 Å². The summed E-state index contributed by atoms with van der Waals surface area (Å²) in [4.78, 5) is 0. The van der Waals surface area contributed by atoms with Crippen molar-refractivity contribution >= 4 is 17.8 Å². The molecule has 1 heterocycles. The lowest BCUT2D eigenvalue weighted by atomic mass is 10.1. The second-order valence-electron chi connectivity index (χ2n) is 5.73. The van der Waals surface area contributed by atoms with E-state index in [-0.39, 0.29) is 0 Å². The van der Waals surface area contributed by atoms with Crippen LogP contribution in [-0.2, 0) is 7.05 Å². The third-order valence-corrected chi connectivity index (χ3v) is 3.14. The van der Waals surface area contributed by atoms with Crippen molar-refractivity contribution in [3.05, 3.63) is 59.9 Å². The Morgan fingerprint density at radius 2 is 1.26 bits per heavy atom. The Morgan fingerprint density at radius 3 is 1.74 bits per heavy atom. The first-order valence-corrected chi connectivity index (χ1v) is 6.50. The standard InChI is InChI=1S/C17H22N2/c1-18-13-11-16(12-14-18)6-5-15-7-9-17(10-8-15)19(2,3)4/h5-14H,1-4H3/q+2/b6-5+. The largest absolute Gasteiger partial charge is 0.298 e. The van der Waals surface area contributed by atoms with E-state index in [1.807, 2.05) is 11.6 Å². The molecule has 0 bridgehead atoms. The van der Waals surface area contributed by atoms with Gasteiger partial charge in [0.1, 0.15) is 12.7 Å². The zero-order valence-corrected chi connectivity index (χ0v) is 12.2. The van der Waals surface area contributed by atoms with Gasteiger partial charge in [0.2, 0.25) is 0 Å². The molecule has 0 saturated carbocycles. The first-order valence-electron chi connectivity index (χ1n) is 6.50. The Hall–Kier alpha value is -1.93. The summed E-state index contributed by atoms with van der Waals surface area (Å²) >= 11 is 0. The smallest absolute Gasteiger partial charge is 0.169 e. The lowest BCUT2D eigenvalue weighted by Crippen LogP contribution is -2.34. The van der Waals surface area contributed by atoms with E-state index >= 15 is 0 Å². The molecule has 1 aromatic heterocycles. The van der Waals surface area contributed by atoms with E-state index in [0.29, 0.717) is 0 Å². The van der Waals surface area contributed by atoms with Crippen molar-refractivity contribution in [2.24, 2.45) is 7.05 Å². The van der Waals surface area contributed by atoms with E-state index in [2.05, 4.69) is 82.1 Å². The van der Waals surface area contributed by atoms with Crippen LogP contribution in [0.15, 0.2) is 48.8 Å². The number of quaternary nitrogens is 1. The van der Waals surface area contributed by atoms with Crippen LogP contribution in [0.1, 0.15) is 11.1 Å².